The van der Waals surface area contributed by atoms with E-state index in [0.29, 0.717) is 10.8 Å². The minimum absolute atomic E-state index is 0.191. The van der Waals surface area contributed by atoms with Crippen LogP contribution in [0.25, 0.3) is 0 Å². The minimum atomic E-state index is -0.278. The molecule has 0 bridgehead atoms. The average molecular weight is 265 g/mol. The molecule has 0 aliphatic carbocycles. The van der Waals surface area contributed by atoms with E-state index >= 15 is 0 Å². The van der Waals surface area contributed by atoms with Crippen molar-refractivity contribution in [1.29, 1.82) is 0 Å². The minimum Gasteiger partial charge on any atom is -0.361 e. The lowest BCUT2D eigenvalue weighted by molar-refractivity contribution is 0.0930. The molecule has 0 radical (unpaired) electrons. The van der Waals surface area contributed by atoms with Gasteiger partial charge in [-0.3, -0.25) is 4.79 Å². The Balaban J connectivity index is 2.10. The van der Waals surface area contributed by atoms with Crippen molar-refractivity contribution >= 4 is 17.5 Å². The average Bonchev–Trinajstić information content (AvgIpc) is 2.76. The maximum absolute atomic E-state index is 11.9. The zero-order valence-electron chi connectivity index (χ0n) is 10.1. The van der Waals surface area contributed by atoms with Crippen LogP contribution in [0.1, 0.15) is 34.8 Å². The molecule has 0 spiro atoms. The molecule has 2 aromatic rings. The fourth-order valence-electron chi connectivity index (χ4n) is 1.65. The van der Waals surface area contributed by atoms with Gasteiger partial charge in [-0.2, -0.15) is 0 Å². The second-order valence-electron chi connectivity index (χ2n) is 4.04. The third-order valence-corrected chi connectivity index (χ3v) is 2.92. The first-order valence-corrected chi connectivity index (χ1v) is 5.94. The molecule has 4 nitrogen and oxygen atoms in total. The Morgan fingerprint density at radius 2 is 2.17 bits per heavy atom. The SMILES string of the molecule is Cc1cc(C(=O)N[C@H](C)c2ccccc2Cl)no1. The quantitative estimate of drug-likeness (QED) is 0.927. The van der Waals surface area contributed by atoms with Crippen molar-refractivity contribution in [1.82, 2.24) is 10.5 Å². The number of aryl methyl sites for hydroxylation is 1. The molecule has 0 saturated heterocycles. The van der Waals surface area contributed by atoms with Crippen LogP contribution in [-0.2, 0) is 0 Å². The summed E-state index contributed by atoms with van der Waals surface area (Å²) in [6.07, 6.45) is 0. The van der Waals surface area contributed by atoms with Crippen LogP contribution in [-0.4, -0.2) is 11.1 Å². The van der Waals surface area contributed by atoms with E-state index in [1.165, 1.54) is 0 Å². The summed E-state index contributed by atoms with van der Waals surface area (Å²) < 4.78 is 4.86. The van der Waals surface area contributed by atoms with Gasteiger partial charge in [0.1, 0.15) is 5.76 Å². The predicted molar refractivity (Wildman–Crippen MR) is 68.6 cm³/mol. The van der Waals surface area contributed by atoms with Crippen LogP contribution in [0, 0.1) is 6.92 Å². The second-order valence-corrected chi connectivity index (χ2v) is 4.45. The number of hydrogen-bond donors (Lipinski definition) is 1. The molecule has 1 aromatic carbocycles. The van der Waals surface area contributed by atoms with Gasteiger partial charge < -0.3 is 9.84 Å². The molecule has 0 unspecified atom stereocenters. The fourth-order valence-corrected chi connectivity index (χ4v) is 1.95. The maximum atomic E-state index is 11.9. The van der Waals surface area contributed by atoms with Crippen molar-refractivity contribution < 1.29 is 9.32 Å². The number of halogens is 1. The van der Waals surface area contributed by atoms with Crippen molar-refractivity contribution in [3.05, 3.63) is 52.4 Å². The Kier molecular flexibility index (Phi) is 3.67. The molecule has 18 heavy (non-hydrogen) atoms. The monoisotopic (exact) mass is 264 g/mol. The normalized spacial score (nSPS) is 12.2. The van der Waals surface area contributed by atoms with Gasteiger partial charge in [-0.15, -0.1) is 0 Å². The van der Waals surface area contributed by atoms with Gasteiger partial charge in [-0.25, -0.2) is 0 Å². The first-order valence-electron chi connectivity index (χ1n) is 5.56. The van der Waals surface area contributed by atoms with Crippen molar-refractivity contribution in [2.45, 2.75) is 19.9 Å². The molecule has 1 amide bonds. The van der Waals surface area contributed by atoms with E-state index in [-0.39, 0.29) is 17.6 Å². The molecular weight excluding hydrogens is 252 g/mol. The second kappa shape index (κ2) is 5.23. The summed E-state index contributed by atoms with van der Waals surface area (Å²) >= 11 is 6.07. The van der Waals surface area contributed by atoms with Crippen molar-refractivity contribution in [3.8, 4) is 0 Å². The van der Waals surface area contributed by atoms with Gasteiger partial charge in [0, 0.05) is 11.1 Å². The van der Waals surface area contributed by atoms with Gasteiger partial charge >= 0.3 is 0 Å². The summed E-state index contributed by atoms with van der Waals surface area (Å²) in [5.41, 5.74) is 1.14. The number of hydrogen-bond acceptors (Lipinski definition) is 3. The first kappa shape index (κ1) is 12.6. The molecule has 0 fully saturated rings. The van der Waals surface area contributed by atoms with Crippen molar-refractivity contribution in [2.24, 2.45) is 0 Å². The zero-order chi connectivity index (χ0) is 13.1. The first-order chi connectivity index (χ1) is 8.58. The lowest BCUT2D eigenvalue weighted by Crippen LogP contribution is -2.27. The van der Waals surface area contributed by atoms with E-state index in [9.17, 15) is 4.79 Å². The summed E-state index contributed by atoms with van der Waals surface area (Å²) in [5, 5.41) is 7.11. The smallest absolute Gasteiger partial charge is 0.273 e. The van der Waals surface area contributed by atoms with E-state index in [2.05, 4.69) is 10.5 Å². The summed E-state index contributed by atoms with van der Waals surface area (Å²) in [7, 11) is 0. The molecule has 1 N–H and O–H groups in total. The molecule has 94 valence electrons. The van der Waals surface area contributed by atoms with Gasteiger partial charge in [0.25, 0.3) is 5.91 Å². The fraction of sp³-hybridized carbons (Fsp3) is 0.231. The van der Waals surface area contributed by atoms with E-state index in [4.69, 9.17) is 16.1 Å². The topological polar surface area (TPSA) is 55.1 Å². The molecular formula is C13H13ClN2O2. The van der Waals surface area contributed by atoms with Crippen LogP contribution >= 0.6 is 11.6 Å². The van der Waals surface area contributed by atoms with E-state index in [1.54, 1.807) is 19.1 Å². The van der Waals surface area contributed by atoms with Crippen molar-refractivity contribution in [3.63, 3.8) is 0 Å². The number of aromatic nitrogens is 1. The Morgan fingerprint density at radius 3 is 2.78 bits per heavy atom. The standard InChI is InChI=1S/C13H13ClN2O2/c1-8-7-12(16-18-8)13(17)15-9(2)10-5-3-4-6-11(10)14/h3-7,9H,1-2H3,(H,15,17)/t9-/m1/s1. The Hall–Kier alpha value is -1.81. The third-order valence-electron chi connectivity index (χ3n) is 2.58. The number of carbonyl (C=O) groups is 1. The Labute approximate surface area is 110 Å². The maximum Gasteiger partial charge on any atom is 0.273 e. The number of nitrogens with one attached hydrogen (secondary N) is 1. The lowest BCUT2D eigenvalue weighted by atomic mass is 10.1. The summed E-state index contributed by atoms with van der Waals surface area (Å²) in [5.74, 6) is 0.324. The van der Waals surface area contributed by atoms with E-state index in [0.717, 1.165) is 5.56 Å². The highest BCUT2D eigenvalue weighted by Gasteiger charge is 2.16. The Morgan fingerprint density at radius 1 is 1.44 bits per heavy atom. The van der Waals surface area contributed by atoms with E-state index in [1.807, 2.05) is 25.1 Å². The highest BCUT2D eigenvalue weighted by Crippen LogP contribution is 2.22. The molecule has 0 aliphatic rings. The van der Waals surface area contributed by atoms with Crippen LogP contribution in [0.15, 0.2) is 34.9 Å². The highest BCUT2D eigenvalue weighted by atomic mass is 35.5. The molecule has 1 aromatic heterocycles. The molecule has 1 heterocycles. The van der Waals surface area contributed by atoms with Crippen LogP contribution in [0.3, 0.4) is 0 Å². The van der Waals surface area contributed by atoms with Crippen molar-refractivity contribution in [2.75, 3.05) is 0 Å². The third kappa shape index (κ3) is 2.71. The van der Waals surface area contributed by atoms with Gasteiger partial charge in [0.05, 0.1) is 6.04 Å². The summed E-state index contributed by atoms with van der Waals surface area (Å²) in [6.45, 7) is 3.60. The van der Waals surface area contributed by atoms with Gasteiger partial charge in [0.2, 0.25) is 0 Å². The predicted octanol–water partition coefficient (Wildman–Crippen LogP) is 3.13. The zero-order valence-corrected chi connectivity index (χ0v) is 10.9. The van der Waals surface area contributed by atoms with Gasteiger partial charge in [-0.1, -0.05) is 35.0 Å². The van der Waals surface area contributed by atoms with Crippen LogP contribution < -0.4 is 5.32 Å². The van der Waals surface area contributed by atoms with Crippen LogP contribution in [0.5, 0.6) is 0 Å². The van der Waals surface area contributed by atoms with Crippen LogP contribution in [0.4, 0.5) is 0 Å². The molecule has 0 aliphatic heterocycles. The number of nitrogens with zero attached hydrogens (tertiary/aromatic N) is 1. The largest absolute Gasteiger partial charge is 0.361 e. The highest BCUT2D eigenvalue weighted by molar-refractivity contribution is 6.31. The summed E-state index contributed by atoms with van der Waals surface area (Å²) in [6, 6.07) is 8.80. The number of amides is 1. The van der Waals surface area contributed by atoms with Gasteiger partial charge in [0.15, 0.2) is 5.69 Å². The molecule has 5 heteroatoms. The molecule has 2 rings (SSSR count). The summed E-state index contributed by atoms with van der Waals surface area (Å²) in [4.78, 5) is 11.9. The number of benzene rings is 1. The Bertz CT molecular complexity index is 566. The number of carbonyl (C=O) groups excluding carboxylic acids is 1. The van der Waals surface area contributed by atoms with E-state index < -0.39 is 0 Å². The lowest BCUT2D eigenvalue weighted by Gasteiger charge is -2.14. The van der Waals surface area contributed by atoms with Gasteiger partial charge in [-0.05, 0) is 25.5 Å². The molecule has 0 saturated carbocycles. The number of rotatable bonds is 3. The molecule has 1 atom stereocenters. The van der Waals surface area contributed by atoms with Crippen LogP contribution in [0.2, 0.25) is 5.02 Å².